The first-order valence-electron chi connectivity index (χ1n) is 7.41. The molecule has 0 aliphatic carbocycles. The molecule has 0 amide bonds. The molecule has 2 aromatic rings. The van der Waals surface area contributed by atoms with E-state index in [1.165, 1.54) is 0 Å². The Hall–Kier alpha value is -2.44. The van der Waals surface area contributed by atoms with E-state index in [2.05, 4.69) is 0 Å². The Bertz CT molecular complexity index is 838. The van der Waals surface area contributed by atoms with E-state index in [-0.39, 0.29) is 69.2 Å². The summed E-state index contributed by atoms with van der Waals surface area (Å²) in [6, 6.07) is 4.48. The molecule has 0 N–H and O–H groups in total. The fourth-order valence-electron chi connectivity index (χ4n) is 1.96. The average molecular weight is 487 g/mol. The van der Waals surface area contributed by atoms with Gasteiger partial charge in [-0.25, -0.2) is 0 Å². The maximum Gasteiger partial charge on any atom is 2.00 e. The maximum absolute atomic E-state index is 10.4. The van der Waals surface area contributed by atoms with Crippen molar-refractivity contribution in [1.29, 1.82) is 0 Å². The molecule has 0 aromatic heterocycles. The second-order valence-corrected chi connectivity index (χ2v) is 5.32. The van der Waals surface area contributed by atoms with E-state index in [0.717, 1.165) is 36.4 Å². The first-order valence-corrected chi connectivity index (χ1v) is 7.41. The summed E-state index contributed by atoms with van der Waals surface area (Å²) in [4.78, 5) is 62.5. The van der Waals surface area contributed by atoms with Crippen LogP contribution < -0.4 is 30.6 Å². The van der Waals surface area contributed by atoms with E-state index < -0.39 is 69.2 Å². The predicted octanol–water partition coefficient (Wildman–Crippen LogP) is -7.59. The first kappa shape index (κ1) is 35.2. The molecule has 2 aromatic carbocycles. The topological polar surface area (TPSA) is 241 Å². The number of hydrogen-bond donors (Lipinski definition) is 0. The van der Waals surface area contributed by atoms with Gasteiger partial charge >= 0.3 is 69.2 Å². The van der Waals surface area contributed by atoms with Crippen molar-refractivity contribution < 1.29 is 59.4 Å². The quantitative estimate of drug-likeness (QED) is 0.345. The molecule has 0 radical (unpaired) electrons. The molecule has 0 saturated heterocycles. The standard InChI is InChI=1S/2C9H6O6.3Mg/c2*10-7(11)4-1-5(8(12)13)3-6(2-4)9(14)15;;;/h2*1-3H,(H,10,11)(H,12,13)(H,14,15);;;/q;;3*+2/p-6. The molecule has 33 heavy (non-hydrogen) atoms. The van der Waals surface area contributed by atoms with Gasteiger partial charge in [0.15, 0.2) is 0 Å². The van der Waals surface area contributed by atoms with Crippen LogP contribution in [0.15, 0.2) is 36.4 Å². The zero-order valence-electron chi connectivity index (χ0n) is 16.5. The Labute approximate surface area is 232 Å². The van der Waals surface area contributed by atoms with Gasteiger partial charge in [-0.05, 0) is 69.8 Å². The summed E-state index contributed by atoms with van der Waals surface area (Å²) in [7, 11) is 0. The molecule has 0 aliphatic heterocycles. The summed E-state index contributed by atoms with van der Waals surface area (Å²) in [5, 5.41) is 62.5. The van der Waals surface area contributed by atoms with Gasteiger partial charge in [-0.1, -0.05) is 0 Å². The monoisotopic (exact) mass is 486 g/mol. The van der Waals surface area contributed by atoms with Gasteiger partial charge in [0.25, 0.3) is 0 Å². The van der Waals surface area contributed by atoms with Crippen LogP contribution in [0.1, 0.15) is 62.1 Å². The molecular formula is C18H6Mg3O12. The summed E-state index contributed by atoms with van der Waals surface area (Å²) < 4.78 is 0. The van der Waals surface area contributed by atoms with Crippen LogP contribution >= 0.6 is 0 Å². The van der Waals surface area contributed by atoms with E-state index in [4.69, 9.17) is 0 Å². The second-order valence-electron chi connectivity index (χ2n) is 5.32. The number of carbonyl (C=O) groups excluding carboxylic acids is 6. The van der Waals surface area contributed by atoms with Crippen LogP contribution in [-0.2, 0) is 0 Å². The molecule has 156 valence electrons. The van der Waals surface area contributed by atoms with Crippen molar-refractivity contribution >= 4 is 105 Å². The Morgan fingerprint density at radius 3 is 0.485 bits per heavy atom. The summed E-state index contributed by atoms with van der Waals surface area (Å²) in [5.74, 6) is -10.1. The molecular weight excluding hydrogens is 481 g/mol. The van der Waals surface area contributed by atoms with Gasteiger partial charge in [-0.2, -0.15) is 0 Å². The van der Waals surface area contributed by atoms with E-state index in [1.54, 1.807) is 0 Å². The van der Waals surface area contributed by atoms with E-state index in [0.29, 0.717) is 0 Å². The average Bonchev–Trinajstić information content (AvgIpc) is 2.67. The fraction of sp³-hybridized carbons (Fsp3) is 0. The smallest absolute Gasteiger partial charge is 0.545 e. The molecule has 0 fully saturated rings. The zero-order valence-corrected chi connectivity index (χ0v) is 20.7. The third-order valence-corrected chi connectivity index (χ3v) is 3.28. The van der Waals surface area contributed by atoms with Crippen molar-refractivity contribution in [2.45, 2.75) is 0 Å². The molecule has 0 heterocycles. The van der Waals surface area contributed by atoms with Crippen LogP contribution in [0.25, 0.3) is 0 Å². The van der Waals surface area contributed by atoms with Gasteiger partial charge in [-0.3, -0.25) is 0 Å². The van der Waals surface area contributed by atoms with Crippen LogP contribution in [0.4, 0.5) is 0 Å². The van der Waals surface area contributed by atoms with E-state index in [9.17, 15) is 59.4 Å². The number of hydrogen-bond acceptors (Lipinski definition) is 12. The van der Waals surface area contributed by atoms with Crippen molar-refractivity contribution in [3.8, 4) is 0 Å². The van der Waals surface area contributed by atoms with Crippen molar-refractivity contribution in [1.82, 2.24) is 0 Å². The normalized spacial score (nSPS) is 8.73. The molecule has 0 bridgehead atoms. The summed E-state index contributed by atoms with van der Waals surface area (Å²) in [5.41, 5.74) is -3.36. The Morgan fingerprint density at radius 1 is 0.333 bits per heavy atom. The van der Waals surface area contributed by atoms with Crippen molar-refractivity contribution in [2.24, 2.45) is 0 Å². The third-order valence-electron chi connectivity index (χ3n) is 3.28. The molecule has 0 saturated carbocycles. The predicted molar refractivity (Wildman–Crippen MR) is 96.1 cm³/mol. The zero-order chi connectivity index (χ0) is 23.2. The van der Waals surface area contributed by atoms with Crippen LogP contribution in [0, 0.1) is 0 Å². The maximum atomic E-state index is 10.4. The van der Waals surface area contributed by atoms with Gasteiger partial charge in [0, 0.05) is 0 Å². The second kappa shape index (κ2) is 15.4. The number of aromatic carboxylic acids is 6. The number of carboxylic acids is 6. The minimum absolute atomic E-state index is 0. The summed E-state index contributed by atoms with van der Waals surface area (Å²) in [6.45, 7) is 0. The Kier molecular flexibility index (Phi) is 16.4. The molecule has 12 nitrogen and oxygen atoms in total. The molecule has 2 rings (SSSR count). The van der Waals surface area contributed by atoms with Crippen molar-refractivity contribution in [3.05, 3.63) is 69.8 Å². The largest absolute Gasteiger partial charge is 2.00 e. The van der Waals surface area contributed by atoms with Crippen molar-refractivity contribution in [3.63, 3.8) is 0 Å². The Morgan fingerprint density at radius 2 is 0.424 bits per heavy atom. The number of benzene rings is 2. The summed E-state index contributed by atoms with van der Waals surface area (Å²) in [6.07, 6.45) is 0. The molecule has 0 aliphatic rings. The number of carbonyl (C=O) groups is 6. The summed E-state index contributed by atoms with van der Waals surface area (Å²) >= 11 is 0. The van der Waals surface area contributed by atoms with E-state index >= 15 is 0 Å². The van der Waals surface area contributed by atoms with Crippen LogP contribution in [0.3, 0.4) is 0 Å². The number of rotatable bonds is 6. The van der Waals surface area contributed by atoms with Gasteiger partial charge in [-0.15, -0.1) is 0 Å². The van der Waals surface area contributed by atoms with Gasteiger partial charge < -0.3 is 59.4 Å². The van der Waals surface area contributed by atoms with Gasteiger partial charge in [0.2, 0.25) is 0 Å². The first-order chi connectivity index (χ1) is 13.8. The molecule has 0 unspecified atom stereocenters. The SMILES string of the molecule is O=C([O-])c1cc(C(=O)[O-])cc(C(=O)[O-])c1.O=C([O-])c1cc(C(=O)[O-])cc(C(=O)[O-])c1.[Mg+2].[Mg+2].[Mg+2]. The van der Waals surface area contributed by atoms with Crippen LogP contribution in [0.2, 0.25) is 0 Å². The minimum atomic E-state index is -1.68. The van der Waals surface area contributed by atoms with Crippen molar-refractivity contribution in [2.75, 3.05) is 0 Å². The van der Waals surface area contributed by atoms with Gasteiger partial charge in [0.05, 0.1) is 35.8 Å². The Balaban J connectivity index is -0.000000500. The molecule has 15 heteroatoms. The third kappa shape index (κ3) is 10.8. The van der Waals surface area contributed by atoms with E-state index in [1.807, 2.05) is 0 Å². The minimum Gasteiger partial charge on any atom is -0.545 e. The van der Waals surface area contributed by atoms with Crippen LogP contribution in [0.5, 0.6) is 0 Å². The number of carboxylic acid groups (broad SMARTS) is 6. The fourth-order valence-corrected chi connectivity index (χ4v) is 1.96. The molecule has 0 atom stereocenters. The van der Waals surface area contributed by atoms with Crippen LogP contribution in [-0.4, -0.2) is 105 Å². The molecule has 0 spiro atoms. The van der Waals surface area contributed by atoms with Gasteiger partial charge in [0.1, 0.15) is 0 Å².